The van der Waals surface area contributed by atoms with E-state index in [1.54, 1.807) is 18.2 Å². The van der Waals surface area contributed by atoms with Gasteiger partial charge in [0.2, 0.25) is 0 Å². The number of fused-ring (bicyclic) bond motifs is 1. The highest BCUT2D eigenvalue weighted by atomic mass is 32.2. The minimum atomic E-state index is -4.44. The Morgan fingerprint density at radius 2 is 1.61 bits per heavy atom. The predicted octanol–water partition coefficient (Wildman–Crippen LogP) is 2.04. The van der Waals surface area contributed by atoms with Gasteiger partial charge in [0.15, 0.2) is 11.5 Å². The van der Waals surface area contributed by atoms with Gasteiger partial charge in [-0.3, -0.25) is 4.79 Å². The molecule has 3 rings (SSSR count). The number of nitrogens with zero attached hydrogens (tertiary/aromatic N) is 1. The molecular formula is C19H17NO7S. The van der Waals surface area contributed by atoms with Crippen molar-refractivity contribution in [2.45, 2.75) is 4.90 Å². The third-order valence-corrected chi connectivity index (χ3v) is 5.87. The summed E-state index contributed by atoms with van der Waals surface area (Å²) in [7, 11) is -0.561. The number of rotatable bonds is 5. The molecule has 1 aromatic heterocycles. The number of benzene rings is 2. The molecule has 1 heterocycles. The van der Waals surface area contributed by atoms with Gasteiger partial charge in [-0.2, -0.15) is 3.97 Å². The smallest absolute Gasteiger partial charge is 0.355 e. The molecule has 0 fully saturated rings. The van der Waals surface area contributed by atoms with Gasteiger partial charge in [-0.15, -0.1) is 0 Å². The summed E-state index contributed by atoms with van der Waals surface area (Å²) in [5, 5.41) is 0.575. The molecule has 0 unspecified atom stereocenters. The van der Waals surface area contributed by atoms with Crippen LogP contribution < -0.4 is 15.0 Å². The summed E-state index contributed by atoms with van der Waals surface area (Å²) in [4.78, 5) is 25.0. The molecule has 0 spiro atoms. The van der Waals surface area contributed by atoms with Crippen LogP contribution in [0.1, 0.15) is 10.5 Å². The van der Waals surface area contributed by atoms with E-state index in [1.807, 2.05) is 0 Å². The van der Waals surface area contributed by atoms with Crippen LogP contribution in [0.3, 0.4) is 0 Å². The number of carbonyl (C=O) groups excluding carboxylic acids is 1. The van der Waals surface area contributed by atoms with E-state index < -0.39 is 27.2 Å². The third-order valence-electron chi connectivity index (χ3n) is 4.17. The van der Waals surface area contributed by atoms with E-state index in [-0.39, 0.29) is 16.0 Å². The van der Waals surface area contributed by atoms with Crippen molar-refractivity contribution in [1.29, 1.82) is 0 Å². The van der Waals surface area contributed by atoms with Crippen molar-refractivity contribution in [2.24, 2.45) is 0 Å². The maximum absolute atomic E-state index is 13.3. The number of hydrogen-bond donors (Lipinski definition) is 0. The van der Waals surface area contributed by atoms with Crippen molar-refractivity contribution in [3.05, 3.63) is 64.6 Å². The lowest BCUT2D eigenvalue weighted by atomic mass is 10.1. The lowest BCUT2D eigenvalue weighted by Crippen LogP contribution is -2.32. The zero-order valence-electron chi connectivity index (χ0n) is 15.3. The normalized spacial score (nSPS) is 11.2. The van der Waals surface area contributed by atoms with E-state index in [2.05, 4.69) is 4.74 Å². The minimum absolute atomic E-state index is 0.152. The summed E-state index contributed by atoms with van der Waals surface area (Å²) < 4.78 is 41.9. The Bertz CT molecular complexity index is 1230. The molecule has 0 N–H and O–H groups in total. The van der Waals surface area contributed by atoms with E-state index in [0.29, 0.717) is 15.1 Å². The summed E-state index contributed by atoms with van der Waals surface area (Å²) in [6, 6.07) is 11.6. The first-order valence-corrected chi connectivity index (χ1v) is 9.50. The van der Waals surface area contributed by atoms with Gasteiger partial charge in [0, 0.05) is 11.5 Å². The number of hydrogen-bond acceptors (Lipinski definition) is 7. The van der Waals surface area contributed by atoms with E-state index in [0.717, 1.165) is 7.11 Å². The quantitative estimate of drug-likeness (QED) is 0.601. The van der Waals surface area contributed by atoms with Crippen LogP contribution in [0.25, 0.3) is 10.8 Å². The predicted molar refractivity (Wildman–Crippen MR) is 102 cm³/mol. The molecule has 0 aliphatic heterocycles. The van der Waals surface area contributed by atoms with Gasteiger partial charge in [0.25, 0.3) is 15.6 Å². The second-order valence-corrected chi connectivity index (χ2v) is 7.49. The van der Waals surface area contributed by atoms with Crippen molar-refractivity contribution in [2.75, 3.05) is 21.3 Å². The third kappa shape index (κ3) is 3.09. The molecule has 28 heavy (non-hydrogen) atoms. The van der Waals surface area contributed by atoms with Crippen LogP contribution in [0.15, 0.2) is 58.2 Å². The summed E-state index contributed by atoms with van der Waals surface area (Å²) in [6.45, 7) is 0. The van der Waals surface area contributed by atoms with Crippen LogP contribution in [0.4, 0.5) is 0 Å². The maximum Gasteiger partial charge on any atom is 0.355 e. The van der Waals surface area contributed by atoms with Gasteiger partial charge in [0.05, 0.1) is 26.2 Å². The second kappa shape index (κ2) is 7.35. The molecular weight excluding hydrogens is 386 g/mol. The Labute approximate surface area is 160 Å². The molecule has 0 aliphatic rings. The number of aromatic nitrogens is 1. The van der Waals surface area contributed by atoms with Gasteiger partial charge < -0.3 is 14.2 Å². The van der Waals surface area contributed by atoms with E-state index in [1.165, 1.54) is 44.6 Å². The van der Waals surface area contributed by atoms with Crippen molar-refractivity contribution in [3.63, 3.8) is 0 Å². The summed E-state index contributed by atoms with van der Waals surface area (Å²) in [5.41, 5.74) is -1.26. The summed E-state index contributed by atoms with van der Waals surface area (Å²) >= 11 is 0. The highest BCUT2D eigenvalue weighted by Gasteiger charge is 2.28. The van der Waals surface area contributed by atoms with Gasteiger partial charge >= 0.3 is 5.97 Å². The van der Waals surface area contributed by atoms with Crippen LogP contribution in [-0.4, -0.2) is 39.7 Å². The Balaban J connectivity index is 2.37. The summed E-state index contributed by atoms with van der Waals surface area (Å²) in [5.74, 6) is -0.468. The first-order valence-electron chi connectivity index (χ1n) is 8.06. The fourth-order valence-corrected chi connectivity index (χ4v) is 4.22. The zero-order valence-corrected chi connectivity index (χ0v) is 16.1. The lowest BCUT2D eigenvalue weighted by Gasteiger charge is -2.15. The van der Waals surface area contributed by atoms with Gasteiger partial charge in [-0.05, 0) is 29.7 Å². The first kappa shape index (κ1) is 19.4. The molecule has 0 amide bonds. The van der Waals surface area contributed by atoms with Crippen LogP contribution in [0.5, 0.6) is 11.5 Å². The van der Waals surface area contributed by atoms with Crippen molar-refractivity contribution < 1.29 is 27.4 Å². The molecule has 3 aromatic rings. The molecule has 146 valence electrons. The topological polar surface area (TPSA) is 101 Å². The molecule has 9 heteroatoms. The monoisotopic (exact) mass is 403 g/mol. The summed E-state index contributed by atoms with van der Waals surface area (Å²) in [6.07, 6.45) is 0. The van der Waals surface area contributed by atoms with Crippen LogP contribution >= 0.6 is 0 Å². The molecule has 0 aliphatic carbocycles. The standard InChI is InChI=1S/C19H17NO7S/c1-25-16-9-8-13(11-17(16)26-2)28(23,24)20-15(19(22)27-3)10-12-6-4-5-7-14(12)18(20)21/h4-11H,1-3H3. The zero-order chi connectivity index (χ0) is 20.5. The average molecular weight is 403 g/mol. The van der Waals surface area contributed by atoms with Gasteiger partial charge in [-0.25, -0.2) is 13.2 Å². The van der Waals surface area contributed by atoms with Crippen molar-refractivity contribution in [1.82, 2.24) is 3.97 Å². The van der Waals surface area contributed by atoms with Crippen LogP contribution in [0.2, 0.25) is 0 Å². The fraction of sp³-hybridized carbons (Fsp3) is 0.158. The SMILES string of the molecule is COC(=O)c1cc2ccccc2c(=O)n1S(=O)(=O)c1ccc(OC)c(OC)c1. The van der Waals surface area contributed by atoms with E-state index in [4.69, 9.17) is 9.47 Å². The van der Waals surface area contributed by atoms with Crippen LogP contribution in [0, 0.1) is 0 Å². The van der Waals surface area contributed by atoms with Crippen molar-refractivity contribution in [3.8, 4) is 11.5 Å². The number of pyridine rings is 1. The number of esters is 1. The molecule has 0 saturated carbocycles. The second-order valence-electron chi connectivity index (χ2n) is 5.70. The molecule has 0 atom stereocenters. The van der Waals surface area contributed by atoms with Gasteiger partial charge in [0.1, 0.15) is 5.69 Å². The lowest BCUT2D eigenvalue weighted by molar-refractivity contribution is 0.0591. The minimum Gasteiger partial charge on any atom is -0.493 e. The molecule has 0 saturated heterocycles. The van der Waals surface area contributed by atoms with E-state index >= 15 is 0 Å². The number of ether oxygens (including phenoxy) is 3. The average Bonchev–Trinajstić information content (AvgIpc) is 2.72. The highest BCUT2D eigenvalue weighted by Crippen LogP contribution is 2.30. The number of carbonyl (C=O) groups is 1. The fourth-order valence-electron chi connectivity index (χ4n) is 2.81. The Hall–Kier alpha value is -3.33. The first-order chi connectivity index (χ1) is 13.3. The molecule has 0 bridgehead atoms. The van der Waals surface area contributed by atoms with Gasteiger partial charge in [-0.1, -0.05) is 18.2 Å². The Kier molecular flexibility index (Phi) is 5.10. The highest BCUT2D eigenvalue weighted by molar-refractivity contribution is 7.90. The number of methoxy groups -OCH3 is 3. The van der Waals surface area contributed by atoms with Crippen LogP contribution in [-0.2, 0) is 14.8 Å². The van der Waals surface area contributed by atoms with E-state index in [9.17, 15) is 18.0 Å². The molecule has 2 aromatic carbocycles. The Morgan fingerprint density at radius 3 is 2.25 bits per heavy atom. The van der Waals surface area contributed by atoms with Crippen molar-refractivity contribution >= 4 is 26.8 Å². The molecule has 8 nitrogen and oxygen atoms in total. The largest absolute Gasteiger partial charge is 0.493 e. The molecule has 0 radical (unpaired) electrons. The maximum atomic E-state index is 13.3. The Morgan fingerprint density at radius 1 is 0.929 bits per heavy atom.